The molecular weight excluding hydrogens is 434 g/mol. The van der Waals surface area contributed by atoms with Crippen molar-refractivity contribution in [3.63, 3.8) is 0 Å². The molecule has 2 fully saturated rings. The Kier molecular flexibility index (Phi) is 5.45. The van der Waals surface area contributed by atoms with Gasteiger partial charge in [-0.05, 0) is 60.1 Å². The molecule has 1 aromatic heterocycles. The van der Waals surface area contributed by atoms with E-state index < -0.39 is 11.1 Å². The van der Waals surface area contributed by atoms with E-state index >= 15 is 0 Å². The van der Waals surface area contributed by atoms with E-state index in [-0.39, 0.29) is 17.4 Å². The van der Waals surface area contributed by atoms with Crippen LogP contribution >= 0.6 is 23.5 Å². The number of hydrogen-bond acceptors (Lipinski definition) is 7. The van der Waals surface area contributed by atoms with Crippen LogP contribution in [0, 0.1) is 0 Å². The van der Waals surface area contributed by atoms with Gasteiger partial charge in [-0.15, -0.1) is 0 Å². The molecule has 2 saturated heterocycles. The highest BCUT2D eigenvalue weighted by atomic mass is 32.2. The number of para-hydroxylation sites is 1. The van der Waals surface area contributed by atoms with Gasteiger partial charge in [0.05, 0.1) is 15.6 Å². The SMILES string of the molecule is O=C(CN1C(=O)SC(=Cc2ccc(SC3=Nc4ccccc4C3)o2)C1=O)N1CCCC1. The highest BCUT2D eigenvalue weighted by Gasteiger charge is 2.37. The Hall–Kier alpha value is -2.78. The standard InChI is InChI=1S/C22H19N3O4S2/c26-19(24-9-3-4-10-24)13-25-21(27)17(30-22(25)28)12-15-7-8-20(29-15)31-18-11-14-5-1-2-6-16(14)23-18/h1-2,5-8,12H,3-4,9-11,13H2. The first-order valence-electron chi connectivity index (χ1n) is 10.0. The van der Waals surface area contributed by atoms with Crippen molar-refractivity contribution >= 4 is 57.4 Å². The predicted molar refractivity (Wildman–Crippen MR) is 120 cm³/mol. The lowest BCUT2D eigenvalue weighted by molar-refractivity contribution is -0.135. The third-order valence-electron chi connectivity index (χ3n) is 5.30. The summed E-state index contributed by atoms with van der Waals surface area (Å²) in [5.74, 6) is -0.158. The van der Waals surface area contributed by atoms with Crippen LogP contribution in [0.2, 0.25) is 0 Å². The van der Waals surface area contributed by atoms with Crippen LogP contribution in [-0.2, 0) is 16.0 Å². The van der Waals surface area contributed by atoms with Crippen molar-refractivity contribution in [2.75, 3.05) is 19.6 Å². The van der Waals surface area contributed by atoms with E-state index in [2.05, 4.69) is 11.1 Å². The summed E-state index contributed by atoms with van der Waals surface area (Å²) in [6.45, 7) is 1.17. The van der Waals surface area contributed by atoms with Gasteiger partial charge in [-0.25, -0.2) is 4.99 Å². The molecule has 0 saturated carbocycles. The Morgan fingerprint density at radius 1 is 1.16 bits per heavy atom. The number of hydrogen-bond donors (Lipinski definition) is 0. The minimum Gasteiger partial charge on any atom is -0.450 e. The van der Waals surface area contributed by atoms with E-state index in [1.165, 1.54) is 17.3 Å². The van der Waals surface area contributed by atoms with Crippen LogP contribution in [0.15, 0.2) is 55.8 Å². The van der Waals surface area contributed by atoms with Gasteiger partial charge in [-0.1, -0.05) is 18.2 Å². The first-order valence-corrected chi connectivity index (χ1v) is 11.7. The number of furan rings is 1. The molecule has 4 heterocycles. The van der Waals surface area contributed by atoms with Crippen LogP contribution in [0.3, 0.4) is 0 Å². The summed E-state index contributed by atoms with van der Waals surface area (Å²) >= 11 is 2.28. The quantitative estimate of drug-likeness (QED) is 0.642. The molecule has 0 radical (unpaired) electrons. The second-order valence-corrected chi connectivity index (χ2v) is 9.50. The molecule has 5 rings (SSSR count). The van der Waals surface area contributed by atoms with Gasteiger partial charge in [0.25, 0.3) is 11.1 Å². The van der Waals surface area contributed by atoms with Gasteiger partial charge in [0, 0.05) is 25.6 Å². The summed E-state index contributed by atoms with van der Waals surface area (Å²) in [6, 6.07) is 11.6. The minimum atomic E-state index is -0.455. The monoisotopic (exact) mass is 453 g/mol. The normalized spacial score (nSPS) is 19.5. The molecule has 2 aromatic rings. The summed E-state index contributed by atoms with van der Waals surface area (Å²) in [5, 5.41) is 1.19. The number of carbonyl (C=O) groups is 3. The molecule has 0 atom stereocenters. The van der Waals surface area contributed by atoms with E-state index in [0.717, 1.165) is 46.7 Å². The number of imide groups is 1. The van der Waals surface area contributed by atoms with Crippen molar-refractivity contribution in [2.24, 2.45) is 4.99 Å². The number of benzene rings is 1. The zero-order chi connectivity index (χ0) is 21.4. The largest absolute Gasteiger partial charge is 0.450 e. The number of rotatable bonds is 4. The Bertz CT molecular complexity index is 1130. The molecule has 3 amide bonds. The Balaban J connectivity index is 1.24. The highest BCUT2D eigenvalue weighted by Crippen LogP contribution is 2.36. The van der Waals surface area contributed by atoms with Gasteiger partial charge in [-0.3, -0.25) is 19.3 Å². The molecule has 3 aliphatic heterocycles. The Morgan fingerprint density at radius 3 is 2.77 bits per heavy atom. The molecule has 0 aliphatic carbocycles. The zero-order valence-corrected chi connectivity index (χ0v) is 18.2. The van der Waals surface area contributed by atoms with Crippen molar-refractivity contribution < 1.29 is 18.8 Å². The van der Waals surface area contributed by atoms with Crippen LogP contribution in [-0.4, -0.2) is 51.5 Å². The third kappa shape index (κ3) is 4.20. The van der Waals surface area contributed by atoms with Crippen LogP contribution < -0.4 is 0 Å². The number of amides is 3. The van der Waals surface area contributed by atoms with Crippen molar-refractivity contribution in [1.29, 1.82) is 0 Å². The molecule has 9 heteroatoms. The molecule has 158 valence electrons. The Morgan fingerprint density at radius 2 is 1.97 bits per heavy atom. The number of thioether (sulfide) groups is 2. The maximum atomic E-state index is 12.7. The topological polar surface area (TPSA) is 83.2 Å². The second kappa shape index (κ2) is 8.39. The number of aliphatic imine (C=N–C) groups is 1. The summed E-state index contributed by atoms with van der Waals surface area (Å²) in [5.41, 5.74) is 2.17. The maximum Gasteiger partial charge on any atom is 0.294 e. The number of likely N-dealkylation sites (tertiary alicyclic amines) is 1. The van der Waals surface area contributed by atoms with Gasteiger partial charge >= 0.3 is 0 Å². The van der Waals surface area contributed by atoms with E-state index in [4.69, 9.17) is 4.42 Å². The third-order valence-corrected chi connectivity index (χ3v) is 7.10. The smallest absolute Gasteiger partial charge is 0.294 e. The molecule has 7 nitrogen and oxygen atoms in total. The lowest BCUT2D eigenvalue weighted by Gasteiger charge is -2.18. The fraction of sp³-hybridized carbons (Fsp3) is 0.273. The molecule has 0 N–H and O–H groups in total. The van der Waals surface area contributed by atoms with Crippen LogP contribution in [0.1, 0.15) is 24.2 Å². The molecule has 3 aliphatic rings. The lowest BCUT2D eigenvalue weighted by atomic mass is 10.2. The van der Waals surface area contributed by atoms with Crippen molar-refractivity contribution in [3.8, 4) is 0 Å². The Labute approximate surface area is 187 Å². The number of carbonyl (C=O) groups excluding carboxylic acids is 3. The summed E-state index contributed by atoms with van der Waals surface area (Å²) in [4.78, 5) is 44.9. The average Bonchev–Trinajstić information content (AvgIpc) is 3.54. The van der Waals surface area contributed by atoms with Crippen LogP contribution in [0.5, 0.6) is 0 Å². The van der Waals surface area contributed by atoms with E-state index in [9.17, 15) is 14.4 Å². The zero-order valence-electron chi connectivity index (χ0n) is 16.6. The molecule has 0 bridgehead atoms. The van der Waals surface area contributed by atoms with Crippen molar-refractivity contribution in [3.05, 3.63) is 52.6 Å². The first-order chi connectivity index (χ1) is 15.1. The predicted octanol–water partition coefficient (Wildman–Crippen LogP) is 4.32. The molecule has 31 heavy (non-hydrogen) atoms. The van der Waals surface area contributed by atoms with Crippen molar-refractivity contribution in [2.45, 2.75) is 24.4 Å². The molecular formula is C22H19N3O4S2. The molecule has 1 aromatic carbocycles. The van der Waals surface area contributed by atoms with E-state index in [1.807, 2.05) is 24.3 Å². The van der Waals surface area contributed by atoms with Crippen molar-refractivity contribution in [1.82, 2.24) is 9.80 Å². The fourth-order valence-electron chi connectivity index (χ4n) is 3.72. The highest BCUT2D eigenvalue weighted by molar-refractivity contribution is 8.18. The summed E-state index contributed by atoms with van der Waals surface area (Å²) in [6.07, 6.45) is 4.25. The first kappa shape index (κ1) is 20.1. The number of fused-ring (bicyclic) bond motifs is 1. The van der Waals surface area contributed by atoms with Gasteiger partial charge in [0.1, 0.15) is 12.3 Å². The average molecular weight is 454 g/mol. The van der Waals surface area contributed by atoms with Gasteiger partial charge < -0.3 is 9.32 Å². The second-order valence-electron chi connectivity index (χ2n) is 7.43. The van der Waals surface area contributed by atoms with Crippen LogP contribution in [0.4, 0.5) is 10.5 Å². The van der Waals surface area contributed by atoms with E-state index in [0.29, 0.717) is 23.9 Å². The fourth-order valence-corrected chi connectivity index (χ4v) is 5.41. The summed E-state index contributed by atoms with van der Waals surface area (Å²) in [7, 11) is 0. The van der Waals surface area contributed by atoms with Gasteiger partial charge in [0.15, 0.2) is 5.09 Å². The van der Waals surface area contributed by atoms with Gasteiger partial charge in [-0.2, -0.15) is 0 Å². The maximum absolute atomic E-state index is 12.7. The molecule has 0 spiro atoms. The van der Waals surface area contributed by atoms with E-state index in [1.54, 1.807) is 17.0 Å². The molecule has 0 unspecified atom stereocenters. The number of nitrogens with zero attached hydrogens (tertiary/aromatic N) is 3. The van der Waals surface area contributed by atoms with Crippen LogP contribution in [0.25, 0.3) is 6.08 Å². The minimum absolute atomic E-state index is 0.184. The summed E-state index contributed by atoms with van der Waals surface area (Å²) < 4.78 is 5.82. The van der Waals surface area contributed by atoms with Gasteiger partial charge in [0.2, 0.25) is 5.91 Å². The lowest BCUT2D eigenvalue weighted by Crippen LogP contribution is -2.40.